The highest BCUT2D eigenvalue weighted by molar-refractivity contribution is 5.88. The molecule has 0 aliphatic rings. The summed E-state index contributed by atoms with van der Waals surface area (Å²) in [5, 5.41) is 7.66. The van der Waals surface area contributed by atoms with Crippen LogP contribution in [0.2, 0.25) is 0 Å². The van der Waals surface area contributed by atoms with E-state index in [1.54, 1.807) is 11.6 Å². The third kappa shape index (κ3) is 2.33. The van der Waals surface area contributed by atoms with Crippen LogP contribution in [0.4, 0.5) is 0 Å². The van der Waals surface area contributed by atoms with E-state index in [2.05, 4.69) is 10.3 Å². The molecule has 1 heterocycles. The van der Waals surface area contributed by atoms with E-state index in [-0.39, 0.29) is 18.3 Å². The quantitative estimate of drug-likeness (QED) is 0.734. The van der Waals surface area contributed by atoms with Crippen molar-refractivity contribution < 1.29 is 9.53 Å². The lowest BCUT2D eigenvalue weighted by molar-refractivity contribution is 0.0518. The molecule has 0 amide bonds. The molecule has 0 unspecified atom stereocenters. The molecule has 6 nitrogen and oxygen atoms in total. The van der Waals surface area contributed by atoms with E-state index in [0.717, 1.165) is 0 Å². The van der Waals surface area contributed by atoms with Crippen molar-refractivity contribution in [2.24, 2.45) is 5.73 Å². The maximum atomic E-state index is 11.5. The minimum Gasteiger partial charge on any atom is -0.461 e. The van der Waals surface area contributed by atoms with Gasteiger partial charge in [0.05, 0.1) is 12.3 Å². The minimum absolute atomic E-state index is 0.124. The number of hydrogen-bond acceptors (Lipinski definition) is 5. The van der Waals surface area contributed by atoms with E-state index in [0.29, 0.717) is 12.3 Å². The largest absolute Gasteiger partial charge is 0.461 e. The molecule has 84 valence electrons. The van der Waals surface area contributed by atoms with Gasteiger partial charge in [-0.15, -0.1) is 5.10 Å². The van der Waals surface area contributed by atoms with E-state index < -0.39 is 5.97 Å². The summed E-state index contributed by atoms with van der Waals surface area (Å²) in [6.45, 7) is 6.18. The first kappa shape index (κ1) is 11.6. The monoisotopic (exact) mass is 212 g/mol. The molecule has 0 atom stereocenters. The predicted octanol–water partition coefficient (Wildman–Crippen LogP) is 0.494. The van der Waals surface area contributed by atoms with Crippen LogP contribution in [-0.2, 0) is 11.3 Å². The van der Waals surface area contributed by atoms with Crippen molar-refractivity contribution >= 4 is 5.97 Å². The van der Waals surface area contributed by atoms with Gasteiger partial charge in [0.15, 0.2) is 5.69 Å². The van der Waals surface area contributed by atoms with Gasteiger partial charge in [0.2, 0.25) is 0 Å². The molecule has 6 heteroatoms. The van der Waals surface area contributed by atoms with Gasteiger partial charge in [-0.1, -0.05) is 5.21 Å². The Hall–Kier alpha value is -1.43. The Morgan fingerprint density at radius 2 is 2.27 bits per heavy atom. The molecule has 0 aliphatic heterocycles. The summed E-state index contributed by atoms with van der Waals surface area (Å²) in [5.41, 5.74) is 6.39. The van der Waals surface area contributed by atoms with Crippen molar-refractivity contribution in [3.63, 3.8) is 0 Å². The Morgan fingerprint density at radius 3 is 2.73 bits per heavy atom. The highest BCUT2D eigenvalue weighted by Crippen LogP contribution is 2.11. The first-order chi connectivity index (χ1) is 7.11. The molecule has 1 aromatic heterocycles. The molecule has 0 aliphatic carbocycles. The van der Waals surface area contributed by atoms with Gasteiger partial charge in [-0.05, 0) is 20.8 Å². The van der Waals surface area contributed by atoms with E-state index in [4.69, 9.17) is 10.5 Å². The van der Waals surface area contributed by atoms with Gasteiger partial charge in [0, 0.05) is 12.6 Å². The van der Waals surface area contributed by atoms with Crippen molar-refractivity contribution in [3.8, 4) is 0 Å². The lowest BCUT2D eigenvalue weighted by Crippen LogP contribution is -2.15. The smallest absolute Gasteiger partial charge is 0.360 e. The Bertz CT molecular complexity index is 346. The lowest BCUT2D eigenvalue weighted by Gasteiger charge is -2.08. The zero-order chi connectivity index (χ0) is 11.4. The minimum atomic E-state index is -0.468. The number of nitrogens with two attached hydrogens (primary N) is 1. The molecule has 0 saturated carbocycles. The standard InChI is InChI=1S/C9H16N4O2/c1-4-15-9(14)8-7(5-10)13(6(2)3)12-11-8/h6H,4-5,10H2,1-3H3. The van der Waals surface area contributed by atoms with Crippen LogP contribution in [0, 0.1) is 0 Å². The SMILES string of the molecule is CCOC(=O)c1nnn(C(C)C)c1CN. The van der Waals surface area contributed by atoms with Crippen molar-refractivity contribution in [3.05, 3.63) is 11.4 Å². The van der Waals surface area contributed by atoms with Gasteiger partial charge in [-0.25, -0.2) is 9.48 Å². The maximum absolute atomic E-state index is 11.5. The number of carbonyl (C=O) groups excluding carboxylic acids is 1. The second-order valence-corrected chi connectivity index (χ2v) is 3.35. The number of rotatable bonds is 4. The van der Waals surface area contributed by atoms with E-state index >= 15 is 0 Å². The van der Waals surface area contributed by atoms with Crippen molar-refractivity contribution in [1.29, 1.82) is 0 Å². The number of hydrogen-bond donors (Lipinski definition) is 1. The summed E-state index contributed by atoms with van der Waals surface area (Å²) < 4.78 is 6.48. The van der Waals surface area contributed by atoms with E-state index in [1.165, 1.54) is 0 Å². The zero-order valence-electron chi connectivity index (χ0n) is 9.23. The van der Waals surface area contributed by atoms with Gasteiger partial charge in [-0.3, -0.25) is 0 Å². The second kappa shape index (κ2) is 4.88. The number of carbonyl (C=O) groups is 1. The molecule has 0 fully saturated rings. The summed E-state index contributed by atoms with van der Waals surface area (Å²) in [4.78, 5) is 11.5. The summed E-state index contributed by atoms with van der Waals surface area (Å²) >= 11 is 0. The van der Waals surface area contributed by atoms with Crippen LogP contribution in [0.15, 0.2) is 0 Å². The average Bonchev–Trinajstić information content (AvgIpc) is 2.61. The van der Waals surface area contributed by atoms with Gasteiger partial charge < -0.3 is 10.5 Å². The number of ether oxygens (including phenoxy) is 1. The van der Waals surface area contributed by atoms with Gasteiger partial charge in [-0.2, -0.15) is 0 Å². The number of esters is 1. The number of nitrogens with zero attached hydrogens (tertiary/aromatic N) is 3. The van der Waals surface area contributed by atoms with Crippen molar-refractivity contribution in [2.75, 3.05) is 6.61 Å². The van der Waals surface area contributed by atoms with Crippen LogP contribution >= 0.6 is 0 Å². The summed E-state index contributed by atoms with van der Waals surface area (Å²) in [6, 6.07) is 0.124. The third-order valence-corrected chi connectivity index (χ3v) is 1.94. The maximum Gasteiger partial charge on any atom is 0.360 e. The second-order valence-electron chi connectivity index (χ2n) is 3.35. The van der Waals surface area contributed by atoms with E-state index in [9.17, 15) is 4.79 Å². The average molecular weight is 212 g/mol. The molecular formula is C9H16N4O2. The van der Waals surface area contributed by atoms with Crippen molar-refractivity contribution in [2.45, 2.75) is 33.4 Å². The van der Waals surface area contributed by atoms with Crippen LogP contribution < -0.4 is 5.73 Å². The molecule has 0 saturated heterocycles. The Labute approximate surface area is 88.4 Å². The van der Waals surface area contributed by atoms with Crippen LogP contribution in [-0.4, -0.2) is 27.6 Å². The molecule has 0 aromatic carbocycles. The molecule has 15 heavy (non-hydrogen) atoms. The molecule has 0 bridgehead atoms. The highest BCUT2D eigenvalue weighted by Gasteiger charge is 2.20. The first-order valence-electron chi connectivity index (χ1n) is 4.93. The zero-order valence-corrected chi connectivity index (χ0v) is 9.23. The molecule has 1 rings (SSSR count). The normalized spacial score (nSPS) is 10.7. The van der Waals surface area contributed by atoms with E-state index in [1.807, 2.05) is 13.8 Å². The third-order valence-electron chi connectivity index (χ3n) is 1.94. The predicted molar refractivity (Wildman–Crippen MR) is 54.3 cm³/mol. The van der Waals surface area contributed by atoms with Crippen LogP contribution in [0.1, 0.15) is 43.0 Å². The van der Waals surface area contributed by atoms with Crippen LogP contribution in [0.5, 0.6) is 0 Å². The highest BCUT2D eigenvalue weighted by atomic mass is 16.5. The van der Waals surface area contributed by atoms with Crippen LogP contribution in [0.3, 0.4) is 0 Å². The molecule has 0 radical (unpaired) electrons. The lowest BCUT2D eigenvalue weighted by atomic mass is 10.3. The Morgan fingerprint density at radius 1 is 1.60 bits per heavy atom. The Balaban J connectivity index is 3.03. The summed E-state index contributed by atoms with van der Waals surface area (Å²) in [7, 11) is 0. The first-order valence-corrected chi connectivity index (χ1v) is 4.93. The molecule has 1 aromatic rings. The van der Waals surface area contributed by atoms with Gasteiger partial charge in [0.1, 0.15) is 0 Å². The summed E-state index contributed by atoms with van der Waals surface area (Å²) in [6.07, 6.45) is 0. The fraction of sp³-hybridized carbons (Fsp3) is 0.667. The Kier molecular flexibility index (Phi) is 3.79. The van der Waals surface area contributed by atoms with Crippen molar-refractivity contribution in [1.82, 2.24) is 15.0 Å². The molecule has 2 N–H and O–H groups in total. The van der Waals surface area contributed by atoms with Gasteiger partial charge >= 0.3 is 5.97 Å². The molecular weight excluding hydrogens is 196 g/mol. The fourth-order valence-corrected chi connectivity index (χ4v) is 1.28. The van der Waals surface area contributed by atoms with Gasteiger partial charge in [0.25, 0.3) is 0 Å². The topological polar surface area (TPSA) is 83.0 Å². The number of aromatic nitrogens is 3. The van der Waals surface area contributed by atoms with Crippen LogP contribution in [0.25, 0.3) is 0 Å². The summed E-state index contributed by atoms with van der Waals surface area (Å²) in [5.74, 6) is -0.468. The fourth-order valence-electron chi connectivity index (χ4n) is 1.28. The molecule has 0 spiro atoms.